The second kappa shape index (κ2) is 7.94. The van der Waals surface area contributed by atoms with Crippen molar-refractivity contribution in [3.8, 4) is 0 Å². The Kier molecular flexibility index (Phi) is 6.21. The first-order valence-electron chi connectivity index (χ1n) is 8.24. The van der Waals surface area contributed by atoms with Crippen LogP contribution in [0.5, 0.6) is 0 Å². The average molecular weight is 430 g/mol. The van der Waals surface area contributed by atoms with Crippen LogP contribution in [-0.2, 0) is 26.6 Å². The van der Waals surface area contributed by atoms with Crippen molar-refractivity contribution in [3.63, 3.8) is 0 Å². The number of furan rings is 1. The largest absolute Gasteiger partial charge is 0.438 e. The molecular weight excluding hydrogens is 406 g/mol. The highest BCUT2D eigenvalue weighted by Gasteiger charge is 2.26. The fourth-order valence-corrected chi connectivity index (χ4v) is 4.23. The number of hydrogen-bond donors (Lipinski definition) is 3. The number of rotatable bonds is 7. The van der Waals surface area contributed by atoms with Gasteiger partial charge in [-0.05, 0) is 44.5 Å². The molecule has 1 aromatic heterocycles. The topological polar surface area (TPSA) is 135 Å². The van der Waals surface area contributed by atoms with E-state index in [1.807, 2.05) is 0 Å². The summed E-state index contributed by atoms with van der Waals surface area (Å²) >= 11 is 0. The molecule has 0 saturated carbocycles. The third-order valence-corrected chi connectivity index (χ3v) is 5.48. The van der Waals surface area contributed by atoms with Crippen molar-refractivity contribution in [3.05, 3.63) is 47.7 Å². The Morgan fingerprint density at radius 1 is 1.04 bits per heavy atom. The molecule has 28 heavy (non-hydrogen) atoms. The number of benzene rings is 1. The van der Waals surface area contributed by atoms with E-state index in [4.69, 9.17) is 4.42 Å². The van der Waals surface area contributed by atoms with Gasteiger partial charge in [0.05, 0.1) is 11.9 Å². The van der Waals surface area contributed by atoms with Crippen molar-refractivity contribution >= 4 is 31.6 Å². The van der Waals surface area contributed by atoms with Crippen LogP contribution < -0.4 is 14.8 Å². The van der Waals surface area contributed by atoms with Crippen LogP contribution >= 0.6 is 0 Å². The summed E-state index contributed by atoms with van der Waals surface area (Å²) < 4.78 is 57.3. The molecule has 0 bridgehead atoms. The Labute approximate surface area is 164 Å². The zero-order valence-electron chi connectivity index (χ0n) is 15.9. The minimum atomic E-state index is -3.90. The molecule has 154 valence electrons. The third-order valence-electron chi connectivity index (χ3n) is 3.26. The standard InChI is InChI=1S/C17H23N3O6S2/c1-17(2,3)20-28(24,25)15-10-9-14(26-15)16(21)18-11-12-7-5-6-8-13(12)19-27(4,22)23/h5-10,19-20H,11H2,1-4H3,(H,18,21). The lowest BCUT2D eigenvalue weighted by molar-refractivity contribution is 0.0918. The maximum Gasteiger partial charge on any atom is 0.287 e. The lowest BCUT2D eigenvalue weighted by atomic mass is 10.1. The van der Waals surface area contributed by atoms with Crippen molar-refractivity contribution in [1.82, 2.24) is 10.0 Å². The van der Waals surface area contributed by atoms with Crippen LogP contribution in [0.4, 0.5) is 5.69 Å². The molecule has 11 heteroatoms. The van der Waals surface area contributed by atoms with Gasteiger partial charge in [0.25, 0.3) is 15.9 Å². The van der Waals surface area contributed by atoms with E-state index in [0.717, 1.165) is 6.26 Å². The molecule has 0 aliphatic carbocycles. The monoisotopic (exact) mass is 429 g/mol. The summed E-state index contributed by atoms with van der Waals surface area (Å²) in [5, 5.41) is 2.20. The van der Waals surface area contributed by atoms with Crippen LogP contribution in [-0.4, -0.2) is 34.5 Å². The van der Waals surface area contributed by atoms with Gasteiger partial charge >= 0.3 is 0 Å². The molecule has 0 atom stereocenters. The molecule has 0 aliphatic rings. The molecule has 0 fully saturated rings. The van der Waals surface area contributed by atoms with Gasteiger partial charge in [-0.1, -0.05) is 18.2 Å². The van der Waals surface area contributed by atoms with Crippen LogP contribution in [0.2, 0.25) is 0 Å². The summed E-state index contributed by atoms with van der Waals surface area (Å²) in [5.74, 6) is -0.811. The zero-order chi connectivity index (χ0) is 21.2. The summed E-state index contributed by atoms with van der Waals surface area (Å²) in [7, 11) is -7.37. The van der Waals surface area contributed by atoms with Gasteiger partial charge in [0.1, 0.15) is 0 Å². The first-order valence-corrected chi connectivity index (χ1v) is 11.6. The van der Waals surface area contributed by atoms with E-state index in [2.05, 4.69) is 14.8 Å². The van der Waals surface area contributed by atoms with Gasteiger partial charge in [-0.25, -0.2) is 21.6 Å². The van der Waals surface area contributed by atoms with Crippen molar-refractivity contribution in [2.24, 2.45) is 0 Å². The maximum atomic E-state index is 12.3. The number of nitrogens with one attached hydrogen (secondary N) is 3. The Morgan fingerprint density at radius 3 is 2.29 bits per heavy atom. The first kappa shape index (κ1) is 21.9. The Bertz CT molecular complexity index is 1070. The van der Waals surface area contributed by atoms with Gasteiger partial charge in [0, 0.05) is 12.1 Å². The number of anilines is 1. The van der Waals surface area contributed by atoms with Crippen molar-refractivity contribution < 1.29 is 26.0 Å². The van der Waals surface area contributed by atoms with Gasteiger partial charge in [0.15, 0.2) is 5.76 Å². The van der Waals surface area contributed by atoms with Crippen molar-refractivity contribution in [2.75, 3.05) is 11.0 Å². The highest BCUT2D eigenvalue weighted by Crippen LogP contribution is 2.18. The zero-order valence-corrected chi connectivity index (χ0v) is 17.6. The second-order valence-corrected chi connectivity index (χ2v) is 10.6. The highest BCUT2D eigenvalue weighted by atomic mass is 32.2. The predicted octanol–water partition coefficient (Wildman–Crippen LogP) is 1.66. The fraction of sp³-hybridized carbons (Fsp3) is 0.353. The lowest BCUT2D eigenvalue weighted by Crippen LogP contribution is -2.40. The Morgan fingerprint density at radius 2 is 1.68 bits per heavy atom. The Hall–Kier alpha value is -2.37. The molecule has 2 rings (SSSR count). The van der Waals surface area contributed by atoms with E-state index in [9.17, 15) is 21.6 Å². The molecule has 9 nitrogen and oxygen atoms in total. The van der Waals surface area contributed by atoms with Gasteiger partial charge in [-0.2, -0.15) is 0 Å². The molecule has 1 amide bonds. The number of carbonyl (C=O) groups is 1. The SMILES string of the molecule is CC(C)(C)NS(=O)(=O)c1ccc(C(=O)NCc2ccccc2NS(C)(=O)=O)o1. The minimum Gasteiger partial charge on any atom is -0.438 e. The molecule has 0 spiro atoms. The smallest absolute Gasteiger partial charge is 0.287 e. The lowest BCUT2D eigenvalue weighted by Gasteiger charge is -2.18. The normalized spacial score (nSPS) is 12.6. The van der Waals surface area contributed by atoms with Gasteiger partial charge < -0.3 is 9.73 Å². The van der Waals surface area contributed by atoms with Crippen LogP contribution in [0.15, 0.2) is 45.9 Å². The minimum absolute atomic E-state index is 0.0144. The van der Waals surface area contributed by atoms with E-state index in [0.29, 0.717) is 11.3 Å². The van der Waals surface area contributed by atoms with Crippen LogP contribution in [0.1, 0.15) is 36.9 Å². The Balaban J connectivity index is 2.11. The maximum absolute atomic E-state index is 12.3. The predicted molar refractivity (Wildman–Crippen MR) is 105 cm³/mol. The molecule has 3 N–H and O–H groups in total. The quantitative estimate of drug-likeness (QED) is 0.613. The van der Waals surface area contributed by atoms with Gasteiger partial charge in [-0.3, -0.25) is 9.52 Å². The number of hydrogen-bond acceptors (Lipinski definition) is 6. The van der Waals surface area contributed by atoms with E-state index < -0.39 is 31.5 Å². The average Bonchev–Trinajstić information content (AvgIpc) is 3.01. The molecule has 0 aliphatic heterocycles. The number of amides is 1. The van der Waals surface area contributed by atoms with E-state index in [-0.39, 0.29) is 17.4 Å². The molecular formula is C17H23N3O6S2. The van der Waals surface area contributed by atoms with Gasteiger partial charge in [0.2, 0.25) is 15.1 Å². The van der Waals surface area contributed by atoms with E-state index in [1.54, 1.807) is 45.0 Å². The van der Waals surface area contributed by atoms with Crippen molar-refractivity contribution in [1.29, 1.82) is 0 Å². The fourth-order valence-electron chi connectivity index (χ4n) is 2.28. The summed E-state index contributed by atoms with van der Waals surface area (Å²) in [4.78, 5) is 12.3. The molecule has 1 heterocycles. The van der Waals surface area contributed by atoms with Crippen LogP contribution in [0.25, 0.3) is 0 Å². The van der Waals surface area contributed by atoms with Crippen LogP contribution in [0.3, 0.4) is 0 Å². The summed E-state index contributed by atoms with van der Waals surface area (Å²) in [6.07, 6.45) is 1.03. The van der Waals surface area contributed by atoms with Gasteiger partial charge in [-0.15, -0.1) is 0 Å². The molecule has 0 radical (unpaired) electrons. The third kappa shape index (κ3) is 6.36. The van der Waals surface area contributed by atoms with Crippen molar-refractivity contribution in [2.45, 2.75) is 37.9 Å². The first-order chi connectivity index (χ1) is 12.8. The van der Waals surface area contributed by atoms with E-state index in [1.165, 1.54) is 12.1 Å². The summed E-state index contributed by atoms with van der Waals surface area (Å²) in [6.45, 7) is 5.07. The molecule has 2 aromatic rings. The molecule has 0 saturated heterocycles. The molecule has 1 aromatic carbocycles. The number of carbonyl (C=O) groups excluding carboxylic acids is 1. The van der Waals surface area contributed by atoms with Crippen LogP contribution in [0, 0.1) is 0 Å². The van der Waals surface area contributed by atoms with E-state index >= 15 is 0 Å². The second-order valence-electron chi connectivity index (χ2n) is 7.19. The summed E-state index contributed by atoms with van der Waals surface area (Å²) in [6, 6.07) is 9.03. The number of para-hydroxylation sites is 1. The molecule has 0 unspecified atom stereocenters. The highest BCUT2D eigenvalue weighted by molar-refractivity contribution is 7.92. The number of sulfonamides is 2. The summed E-state index contributed by atoms with van der Waals surface area (Å²) in [5.41, 5.74) is 0.169.